The van der Waals surface area contributed by atoms with Gasteiger partial charge in [-0.05, 0) is 31.0 Å². The number of nitrogens with zero attached hydrogens (tertiary/aromatic N) is 1. The van der Waals surface area contributed by atoms with Crippen molar-refractivity contribution in [1.82, 2.24) is 5.32 Å². The lowest BCUT2D eigenvalue weighted by molar-refractivity contribution is 0.414. The Morgan fingerprint density at radius 3 is 2.44 bits per heavy atom. The molecule has 0 saturated heterocycles. The maximum absolute atomic E-state index is 8.87. The van der Waals surface area contributed by atoms with Crippen LogP contribution in [0.2, 0.25) is 0 Å². The zero-order chi connectivity index (χ0) is 12.0. The van der Waals surface area contributed by atoms with Gasteiger partial charge in [0, 0.05) is 6.04 Å². The van der Waals surface area contributed by atoms with E-state index in [9.17, 15) is 0 Å². The van der Waals surface area contributed by atoms with Crippen LogP contribution in [0.25, 0.3) is 0 Å². The molecule has 0 aliphatic heterocycles. The molecule has 3 heteroatoms. The molecule has 0 bridgehead atoms. The van der Waals surface area contributed by atoms with E-state index in [0.717, 1.165) is 17.7 Å². The molecular formula is C13H18N2O. The SMILES string of the molecule is CCC(C#N)NC(C)c1ccc(OC)cc1. The van der Waals surface area contributed by atoms with Crippen LogP contribution >= 0.6 is 0 Å². The average Bonchev–Trinajstić information content (AvgIpc) is 2.35. The molecule has 1 rings (SSSR count). The van der Waals surface area contributed by atoms with Crippen molar-refractivity contribution in [2.24, 2.45) is 0 Å². The van der Waals surface area contributed by atoms with E-state index in [-0.39, 0.29) is 12.1 Å². The lowest BCUT2D eigenvalue weighted by atomic mass is 10.1. The van der Waals surface area contributed by atoms with E-state index >= 15 is 0 Å². The van der Waals surface area contributed by atoms with Crippen molar-refractivity contribution in [3.05, 3.63) is 29.8 Å². The van der Waals surface area contributed by atoms with Gasteiger partial charge in [0.1, 0.15) is 5.75 Å². The van der Waals surface area contributed by atoms with E-state index in [1.165, 1.54) is 0 Å². The van der Waals surface area contributed by atoms with Crippen molar-refractivity contribution in [3.63, 3.8) is 0 Å². The molecule has 0 saturated carbocycles. The number of ether oxygens (including phenoxy) is 1. The molecule has 0 spiro atoms. The third kappa shape index (κ3) is 3.25. The van der Waals surface area contributed by atoms with Crippen molar-refractivity contribution < 1.29 is 4.74 Å². The maximum atomic E-state index is 8.87. The molecule has 0 heterocycles. The summed E-state index contributed by atoms with van der Waals surface area (Å²) in [6.07, 6.45) is 0.816. The predicted octanol–water partition coefficient (Wildman–Crippen LogP) is 2.65. The minimum Gasteiger partial charge on any atom is -0.497 e. The highest BCUT2D eigenvalue weighted by Gasteiger charge is 2.10. The number of benzene rings is 1. The number of nitrogens with one attached hydrogen (secondary N) is 1. The molecule has 2 unspecified atom stereocenters. The van der Waals surface area contributed by atoms with Gasteiger partial charge < -0.3 is 4.74 Å². The number of nitriles is 1. The van der Waals surface area contributed by atoms with Gasteiger partial charge in [0.15, 0.2) is 0 Å². The predicted molar refractivity (Wildman–Crippen MR) is 64.2 cm³/mol. The normalized spacial score (nSPS) is 13.9. The zero-order valence-corrected chi connectivity index (χ0v) is 10.0. The van der Waals surface area contributed by atoms with Crippen LogP contribution in [0.1, 0.15) is 31.9 Å². The van der Waals surface area contributed by atoms with Gasteiger partial charge in [-0.25, -0.2) is 0 Å². The highest BCUT2D eigenvalue weighted by Crippen LogP contribution is 2.17. The molecule has 0 amide bonds. The summed E-state index contributed by atoms with van der Waals surface area (Å²) in [6, 6.07) is 10.2. The van der Waals surface area contributed by atoms with Crippen molar-refractivity contribution in [2.75, 3.05) is 7.11 Å². The molecule has 2 atom stereocenters. The second-order valence-corrected chi connectivity index (χ2v) is 3.75. The largest absolute Gasteiger partial charge is 0.497 e. The standard InChI is InChI=1S/C13H18N2O/c1-4-12(9-14)15-10(2)11-5-7-13(16-3)8-6-11/h5-8,10,12,15H,4H2,1-3H3. The van der Waals surface area contributed by atoms with Crippen molar-refractivity contribution >= 4 is 0 Å². The molecule has 0 aromatic heterocycles. The minimum atomic E-state index is -0.0860. The molecule has 0 radical (unpaired) electrons. The number of hydrogen-bond donors (Lipinski definition) is 1. The van der Waals surface area contributed by atoms with Crippen molar-refractivity contribution in [3.8, 4) is 11.8 Å². The highest BCUT2D eigenvalue weighted by atomic mass is 16.5. The Bertz CT molecular complexity index is 353. The van der Waals surface area contributed by atoms with E-state index < -0.39 is 0 Å². The smallest absolute Gasteiger partial charge is 0.118 e. The number of methoxy groups -OCH3 is 1. The van der Waals surface area contributed by atoms with Crippen molar-refractivity contribution in [2.45, 2.75) is 32.4 Å². The molecule has 3 nitrogen and oxygen atoms in total. The van der Waals surface area contributed by atoms with Crippen LogP contribution in [0.4, 0.5) is 0 Å². The summed E-state index contributed by atoms with van der Waals surface area (Å²) in [7, 11) is 1.65. The van der Waals surface area contributed by atoms with Gasteiger partial charge in [0.25, 0.3) is 0 Å². The third-order valence-corrected chi connectivity index (χ3v) is 2.63. The zero-order valence-electron chi connectivity index (χ0n) is 10.0. The Balaban J connectivity index is 2.65. The minimum absolute atomic E-state index is 0.0860. The molecule has 1 aromatic rings. The van der Waals surface area contributed by atoms with Gasteiger partial charge in [-0.3, -0.25) is 5.32 Å². The summed E-state index contributed by atoms with van der Waals surface area (Å²) in [6.45, 7) is 4.06. The molecule has 1 aromatic carbocycles. The van der Waals surface area contributed by atoms with Crippen LogP contribution in [0, 0.1) is 11.3 Å². The molecule has 16 heavy (non-hydrogen) atoms. The summed E-state index contributed by atoms with van der Waals surface area (Å²) in [5.41, 5.74) is 1.16. The summed E-state index contributed by atoms with van der Waals surface area (Å²) in [5.74, 6) is 0.850. The van der Waals surface area contributed by atoms with Crippen LogP contribution in [-0.2, 0) is 0 Å². The Morgan fingerprint density at radius 2 is 2.00 bits per heavy atom. The molecule has 0 aliphatic carbocycles. The van der Waals surface area contributed by atoms with Gasteiger partial charge in [-0.15, -0.1) is 0 Å². The molecule has 0 aliphatic rings. The first-order chi connectivity index (χ1) is 7.71. The van der Waals surface area contributed by atoms with Crippen LogP contribution < -0.4 is 10.1 Å². The fourth-order valence-electron chi connectivity index (χ4n) is 1.54. The molecule has 0 fully saturated rings. The Labute approximate surface area is 97.0 Å². The fraction of sp³-hybridized carbons (Fsp3) is 0.462. The number of rotatable bonds is 5. The van der Waals surface area contributed by atoms with Crippen LogP contribution in [0.3, 0.4) is 0 Å². The highest BCUT2D eigenvalue weighted by molar-refractivity contribution is 5.29. The van der Waals surface area contributed by atoms with Crippen molar-refractivity contribution in [1.29, 1.82) is 5.26 Å². The van der Waals surface area contributed by atoms with Gasteiger partial charge >= 0.3 is 0 Å². The third-order valence-electron chi connectivity index (χ3n) is 2.63. The fourth-order valence-corrected chi connectivity index (χ4v) is 1.54. The first-order valence-corrected chi connectivity index (χ1v) is 5.50. The maximum Gasteiger partial charge on any atom is 0.118 e. The quantitative estimate of drug-likeness (QED) is 0.826. The Hall–Kier alpha value is -1.53. The summed E-state index contributed by atoms with van der Waals surface area (Å²) in [4.78, 5) is 0. The lowest BCUT2D eigenvalue weighted by Crippen LogP contribution is -2.29. The summed E-state index contributed by atoms with van der Waals surface area (Å²) in [5, 5.41) is 12.1. The lowest BCUT2D eigenvalue weighted by Gasteiger charge is -2.17. The second-order valence-electron chi connectivity index (χ2n) is 3.75. The molecule has 1 N–H and O–H groups in total. The first kappa shape index (κ1) is 12.5. The Kier molecular flexibility index (Phi) is 4.81. The van der Waals surface area contributed by atoms with E-state index in [2.05, 4.69) is 18.3 Å². The van der Waals surface area contributed by atoms with E-state index in [0.29, 0.717) is 0 Å². The van der Waals surface area contributed by atoms with E-state index in [1.54, 1.807) is 7.11 Å². The Morgan fingerprint density at radius 1 is 1.38 bits per heavy atom. The monoisotopic (exact) mass is 218 g/mol. The van der Waals surface area contributed by atoms with Crippen LogP contribution in [0.5, 0.6) is 5.75 Å². The van der Waals surface area contributed by atoms with Gasteiger partial charge in [0.2, 0.25) is 0 Å². The topological polar surface area (TPSA) is 45.0 Å². The summed E-state index contributed by atoms with van der Waals surface area (Å²) >= 11 is 0. The van der Waals surface area contributed by atoms with Gasteiger partial charge in [0.05, 0.1) is 19.2 Å². The van der Waals surface area contributed by atoms with Gasteiger partial charge in [-0.1, -0.05) is 19.1 Å². The molecular weight excluding hydrogens is 200 g/mol. The molecule has 86 valence electrons. The average molecular weight is 218 g/mol. The van der Waals surface area contributed by atoms with E-state index in [4.69, 9.17) is 10.00 Å². The van der Waals surface area contributed by atoms with Gasteiger partial charge in [-0.2, -0.15) is 5.26 Å². The first-order valence-electron chi connectivity index (χ1n) is 5.50. The van der Waals surface area contributed by atoms with Crippen LogP contribution in [0.15, 0.2) is 24.3 Å². The summed E-state index contributed by atoms with van der Waals surface area (Å²) < 4.78 is 5.10. The number of hydrogen-bond acceptors (Lipinski definition) is 3. The van der Waals surface area contributed by atoms with Crippen LogP contribution in [-0.4, -0.2) is 13.2 Å². The van der Waals surface area contributed by atoms with E-state index in [1.807, 2.05) is 31.2 Å². The second kappa shape index (κ2) is 6.14.